The maximum atomic E-state index is 12.3. The van der Waals surface area contributed by atoms with E-state index in [4.69, 9.17) is 19.3 Å². The van der Waals surface area contributed by atoms with Gasteiger partial charge in [-0.1, -0.05) is 0 Å². The summed E-state index contributed by atoms with van der Waals surface area (Å²) in [5.41, 5.74) is 0.0932. The molecule has 2 N–H and O–H groups in total. The van der Waals surface area contributed by atoms with Crippen molar-refractivity contribution in [2.75, 3.05) is 21.3 Å². The molecule has 7 nitrogen and oxygen atoms in total. The summed E-state index contributed by atoms with van der Waals surface area (Å²) in [6.07, 6.45) is 2.38. The first kappa shape index (κ1) is 17.9. The van der Waals surface area contributed by atoms with Gasteiger partial charge >= 0.3 is 5.97 Å². The molecule has 1 aromatic carbocycles. The quantitative estimate of drug-likeness (QED) is 0.751. The highest BCUT2D eigenvalue weighted by molar-refractivity contribution is 5.81. The second-order valence-corrected chi connectivity index (χ2v) is 5.96. The second-order valence-electron chi connectivity index (χ2n) is 5.96. The number of carboxylic acid groups (broad SMARTS) is 1. The molecule has 0 saturated heterocycles. The Bertz CT molecular complexity index is 599. The summed E-state index contributed by atoms with van der Waals surface area (Å²) in [6.45, 7) is 0. The fraction of sp³-hybridized carbons (Fsp3) is 0.529. The summed E-state index contributed by atoms with van der Waals surface area (Å²) < 4.78 is 15.8. The maximum absolute atomic E-state index is 12.3. The van der Waals surface area contributed by atoms with E-state index >= 15 is 0 Å². The molecule has 1 aliphatic rings. The van der Waals surface area contributed by atoms with Crippen LogP contribution in [0.1, 0.15) is 31.2 Å². The number of methoxy groups -OCH3 is 3. The number of nitrogens with one attached hydrogen (secondary N) is 1. The van der Waals surface area contributed by atoms with Crippen molar-refractivity contribution in [1.82, 2.24) is 5.32 Å². The molecule has 0 radical (unpaired) electrons. The lowest BCUT2D eigenvalue weighted by Gasteiger charge is -2.41. The summed E-state index contributed by atoms with van der Waals surface area (Å²) in [7, 11) is 4.54. The Morgan fingerprint density at radius 3 is 2.08 bits per heavy atom. The van der Waals surface area contributed by atoms with Gasteiger partial charge in [-0.25, -0.2) is 0 Å². The van der Waals surface area contributed by atoms with Crippen molar-refractivity contribution in [3.8, 4) is 17.2 Å². The van der Waals surface area contributed by atoms with Gasteiger partial charge in [0.2, 0.25) is 11.7 Å². The molecule has 0 spiro atoms. The molecule has 24 heavy (non-hydrogen) atoms. The molecule has 7 heteroatoms. The van der Waals surface area contributed by atoms with E-state index in [0.29, 0.717) is 35.7 Å². The molecular weight excluding hydrogens is 314 g/mol. The number of hydrogen-bond donors (Lipinski definition) is 2. The van der Waals surface area contributed by atoms with Crippen LogP contribution in [0.3, 0.4) is 0 Å². The van der Waals surface area contributed by atoms with Crippen LogP contribution in [-0.4, -0.2) is 43.9 Å². The lowest BCUT2D eigenvalue weighted by molar-refractivity contribution is -0.140. The van der Waals surface area contributed by atoms with Crippen LogP contribution in [0.4, 0.5) is 0 Å². The molecular formula is C17H23NO6. The zero-order valence-electron chi connectivity index (χ0n) is 14.2. The van der Waals surface area contributed by atoms with Gasteiger partial charge in [0.05, 0.1) is 39.7 Å². The second kappa shape index (κ2) is 7.42. The van der Waals surface area contributed by atoms with Crippen molar-refractivity contribution >= 4 is 11.9 Å². The van der Waals surface area contributed by atoms with Crippen molar-refractivity contribution in [1.29, 1.82) is 0 Å². The van der Waals surface area contributed by atoms with Crippen molar-refractivity contribution in [2.24, 2.45) is 0 Å². The van der Waals surface area contributed by atoms with Crippen LogP contribution in [0.25, 0.3) is 0 Å². The number of benzene rings is 1. The summed E-state index contributed by atoms with van der Waals surface area (Å²) in [4.78, 5) is 23.3. The summed E-state index contributed by atoms with van der Waals surface area (Å²) in [6, 6.07) is 3.43. The SMILES string of the molecule is COc1cc(CC(=O)NC2(CC(=O)O)CCC2)cc(OC)c1OC. The molecule has 1 aliphatic carbocycles. The van der Waals surface area contributed by atoms with Gasteiger partial charge in [0.25, 0.3) is 0 Å². The summed E-state index contributed by atoms with van der Waals surface area (Å²) >= 11 is 0. The lowest BCUT2D eigenvalue weighted by Crippen LogP contribution is -2.55. The molecule has 0 atom stereocenters. The van der Waals surface area contributed by atoms with E-state index in [1.165, 1.54) is 21.3 Å². The average Bonchev–Trinajstić information content (AvgIpc) is 2.51. The first-order chi connectivity index (χ1) is 11.4. The van der Waals surface area contributed by atoms with E-state index in [-0.39, 0.29) is 18.7 Å². The molecule has 1 saturated carbocycles. The normalized spacial score (nSPS) is 15.1. The number of amides is 1. The molecule has 1 amide bonds. The first-order valence-electron chi connectivity index (χ1n) is 7.74. The highest BCUT2D eigenvalue weighted by Crippen LogP contribution is 2.39. The van der Waals surface area contributed by atoms with Crippen molar-refractivity contribution < 1.29 is 28.9 Å². The van der Waals surface area contributed by atoms with E-state index in [9.17, 15) is 9.59 Å². The molecule has 0 aliphatic heterocycles. The van der Waals surface area contributed by atoms with E-state index in [1.807, 2.05) is 0 Å². The monoisotopic (exact) mass is 337 g/mol. The number of carbonyl (C=O) groups excluding carboxylic acids is 1. The Kier molecular flexibility index (Phi) is 5.54. The van der Waals surface area contributed by atoms with Crippen LogP contribution in [0.2, 0.25) is 0 Å². The largest absolute Gasteiger partial charge is 0.493 e. The topological polar surface area (TPSA) is 94.1 Å². The van der Waals surface area contributed by atoms with Crippen LogP contribution in [0.5, 0.6) is 17.2 Å². The number of hydrogen-bond acceptors (Lipinski definition) is 5. The van der Waals surface area contributed by atoms with Gasteiger partial charge < -0.3 is 24.6 Å². The van der Waals surface area contributed by atoms with Gasteiger partial charge in [0.1, 0.15) is 0 Å². The third-order valence-electron chi connectivity index (χ3n) is 4.29. The van der Waals surface area contributed by atoms with Gasteiger partial charge in [0.15, 0.2) is 11.5 Å². The zero-order chi connectivity index (χ0) is 17.7. The number of carbonyl (C=O) groups is 2. The van der Waals surface area contributed by atoms with E-state index in [2.05, 4.69) is 5.32 Å². The van der Waals surface area contributed by atoms with Crippen molar-refractivity contribution in [3.05, 3.63) is 17.7 Å². The molecule has 1 fully saturated rings. The van der Waals surface area contributed by atoms with Crippen LogP contribution in [-0.2, 0) is 16.0 Å². The third-order valence-corrected chi connectivity index (χ3v) is 4.29. The van der Waals surface area contributed by atoms with Gasteiger partial charge in [-0.05, 0) is 37.0 Å². The standard InChI is InChI=1S/C17H23NO6/c1-22-12-7-11(8-13(23-2)16(12)24-3)9-14(19)18-17(5-4-6-17)10-15(20)21/h7-8H,4-6,9-10H2,1-3H3,(H,18,19)(H,20,21). The average molecular weight is 337 g/mol. The summed E-state index contributed by atoms with van der Waals surface area (Å²) in [5, 5.41) is 11.9. The fourth-order valence-electron chi connectivity index (χ4n) is 3.00. The predicted octanol–water partition coefficient (Wildman–Crippen LogP) is 1.77. The molecule has 0 unspecified atom stereocenters. The Morgan fingerprint density at radius 2 is 1.71 bits per heavy atom. The molecule has 0 aromatic heterocycles. The predicted molar refractivity (Wildman–Crippen MR) is 86.8 cm³/mol. The number of rotatable bonds is 8. The van der Waals surface area contributed by atoms with Crippen molar-refractivity contribution in [3.63, 3.8) is 0 Å². The minimum absolute atomic E-state index is 0.0476. The third kappa shape index (κ3) is 3.90. The van der Waals surface area contributed by atoms with Crippen LogP contribution in [0.15, 0.2) is 12.1 Å². The highest BCUT2D eigenvalue weighted by Gasteiger charge is 2.40. The number of ether oxygens (including phenoxy) is 3. The van der Waals surface area contributed by atoms with Crippen LogP contribution in [0, 0.1) is 0 Å². The Balaban J connectivity index is 2.12. The molecule has 2 rings (SSSR count). The van der Waals surface area contributed by atoms with Crippen molar-refractivity contribution in [2.45, 2.75) is 37.6 Å². The van der Waals surface area contributed by atoms with Gasteiger partial charge in [-0.2, -0.15) is 0 Å². The molecule has 132 valence electrons. The maximum Gasteiger partial charge on any atom is 0.305 e. The van der Waals surface area contributed by atoms with E-state index in [0.717, 1.165) is 6.42 Å². The molecule has 0 bridgehead atoms. The summed E-state index contributed by atoms with van der Waals surface area (Å²) in [5.74, 6) is 0.297. The molecule has 0 heterocycles. The van der Waals surface area contributed by atoms with Gasteiger partial charge in [0, 0.05) is 0 Å². The first-order valence-corrected chi connectivity index (χ1v) is 7.74. The highest BCUT2D eigenvalue weighted by atomic mass is 16.5. The van der Waals surface area contributed by atoms with Gasteiger partial charge in [-0.15, -0.1) is 0 Å². The molecule has 1 aromatic rings. The van der Waals surface area contributed by atoms with Gasteiger partial charge in [-0.3, -0.25) is 9.59 Å². The number of carboxylic acids is 1. The lowest BCUT2D eigenvalue weighted by atomic mass is 9.74. The fourth-order valence-corrected chi connectivity index (χ4v) is 3.00. The van der Waals surface area contributed by atoms with Crippen LogP contribution < -0.4 is 19.5 Å². The Labute approximate surface area is 140 Å². The van der Waals surface area contributed by atoms with Crippen LogP contribution >= 0.6 is 0 Å². The number of aliphatic carboxylic acids is 1. The Morgan fingerprint density at radius 1 is 1.12 bits per heavy atom. The van der Waals surface area contributed by atoms with E-state index in [1.54, 1.807) is 12.1 Å². The van der Waals surface area contributed by atoms with E-state index < -0.39 is 11.5 Å². The smallest absolute Gasteiger partial charge is 0.305 e. The zero-order valence-corrected chi connectivity index (χ0v) is 14.2. The minimum atomic E-state index is -0.900. The Hall–Kier alpha value is -2.44. The minimum Gasteiger partial charge on any atom is -0.493 e.